The third-order valence-electron chi connectivity index (χ3n) is 2.68. The van der Waals surface area contributed by atoms with Crippen LogP contribution in [-0.4, -0.2) is 18.8 Å². The number of nitrogen functional groups attached to an aromatic ring is 1. The molecule has 1 aliphatic rings. The fraction of sp³-hybridized carbons (Fsp3) is 0.455. The predicted molar refractivity (Wildman–Crippen MR) is 57.2 cm³/mol. The van der Waals surface area contributed by atoms with Gasteiger partial charge >= 0.3 is 6.18 Å². The number of nitrogens with two attached hydrogens (primary N) is 1. The molecule has 1 saturated carbocycles. The minimum atomic E-state index is -4.32. The third-order valence-corrected chi connectivity index (χ3v) is 2.68. The van der Waals surface area contributed by atoms with Crippen LogP contribution in [0, 0.1) is 5.82 Å². The number of hydrogen-bond donors (Lipinski definition) is 1. The van der Waals surface area contributed by atoms with Gasteiger partial charge in [-0.15, -0.1) is 0 Å². The van der Waals surface area contributed by atoms with Crippen LogP contribution in [0.15, 0.2) is 18.2 Å². The quantitative estimate of drug-likeness (QED) is 0.658. The number of hydrogen-bond acceptors (Lipinski definition) is 2. The third kappa shape index (κ3) is 2.81. The van der Waals surface area contributed by atoms with Crippen LogP contribution in [0.4, 0.5) is 28.9 Å². The standard InChI is InChI=1S/C11H12F4N2/c12-8-2-1-3-9(10(8)16)17(7-4-5-7)6-11(13,14)15/h1-3,7H,4-6,16H2. The fourth-order valence-corrected chi connectivity index (χ4v) is 1.77. The van der Waals surface area contributed by atoms with E-state index in [0.717, 1.165) is 11.0 Å². The first-order chi connectivity index (χ1) is 7.88. The summed E-state index contributed by atoms with van der Waals surface area (Å²) < 4.78 is 50.5. The minimum absolute atomic E-state index is 0.129. The van der Waals surface area contributed by atoms with Gasteiger partial charge in [-0.25, -0.2) is 4.39 Å². The molecular formula is C11H12F4N2. The Morgan fingerprint density at radius 3 is 2.47 bits per heavy atom. The summed E-state index contributed by atoms with van der Waals surface area (Å²) >= 11 is 0. The lowest BCUT2D eigenvalue weighted by Gasteiger charge is -2.27. The maximum Gasteiger partial charge on any atom is 0.405 e. The van der Waals surface area contributed by atoms with E-state index in [-0.39, 0.29) is 17.4 Å². The molecule has 0 radical (unpaired) electrons. The van der Waals surface area contributed by atoms with Gasteiger partial charge in [-0.3, -0.25) is 0 Å². The second-order valence-electron chi connectivity index (χ2n) is 4.15. The normalized spacial score (nSPS) is 16.0. The Labute approximate surface area is 96.0 Å². The Balaban J connectivity index is 2.29. The molecule has 1 fully saturated rings. The van der Waals surface area contributed by atoms with E-state index in [1.54, 1.807) is 0 Å². The maximum atomic E-state index is 13.2. The molecule has 2 rings (SSSR count). The molecule has 1 aliphatic carbocycles. The second-order valence-corrected chi connectivity index (χ2v) is 4.15. The molecule has 6 heteroatoms. The van der Waals surface area contributed by atoms with Gasteiger partial charge in [-0.2, -0.15) is 13.2 Å². The van der Waals surface area contributed by atoms with Gasteiger partial charge in [0.2, 0.25) is 0 Å². The average molecular weight is 248 g/mol. The zero-order valence-electron chi connectivity index (χ0n) is 8.97. The first-order valence-corrected chi connectivity index (χ1v) is 5.26. The number of para-hydroxylation sites is 1. The Hall–Kier alpha value is -1.46. The molecule has 1 aromatic rings. The predicted octanol–water partition coefficient (Wildman–Crippen LogP) is 2.94. The van der Waals surface area contributed by atoms with Crippen LogP contribution >= 0.6 is 0 Å². The topological polar surface area (TPSA) is 29.3 Å². The monoisotopic (exact) mass is 248 g/mol. The molecule has 0 bridgehead atoms. The van der Waals surface area contributed by atoms with E-state index >= 15 is 0 Å². The van der Waals surface area contributed by atoms with Crippen LogP contribution in [-0.2, 0) is 0 Å². The molecule has 0 aliphatic heterocycles. The summed E-state index contributed by atoms with van der Waals surface area (Å²) in [5, 5.41) is 0. The molecule has 17 heavy (non-hydrogen) atoms. The van der Waals surface area contributed by atoms with Crippen molar-refractivity contribution >= 4 is 11.4 Å². The van der Waals surface area contributed by atoms with Gasteiger partial charge < -0.3 is 10.6 Å². The largest absolute Gasteiger partial charge is 0.405 e. The SMILES string of the molecule is Nc1c(F)cccc1N(CC(F)(F)F)C1CC1. The van der Waals surface area contributed by atoms with Gasteiger partial charge in [0.25, 0.3) is 0 Å². The van der Waals surface area contributed by atoms with Gasteiger partial charge in [0, 0.05) is 6.04 Å². The number of nitrogens with zero attached hydrogens (tertiary/aromatic N) is 1. The highest BCUT2D eigenvalue weighted by atomic mass is 19.4. The van der Waals surface area contributed by atoms with Gasteiger partial charge in [-0.05, 0) is 25.0 Å². The fourth-order valence-electron chi connectivity index (χ4n) is 1.77. The lowest BCUT2D eigenvalue weighted by Crippen LogP contribution is -2.36. The van der Waals surface area contributed by atoms with Crippen LogP contribution < -0.4 is 10.6 Å². The molecule has 1 aromatic carbocycles. The Morgan fingerprint density at radius 1 is 1.29 bits per heavy atom. The Kier molecular flexibility index (Phi) is 2.89. The zero-order valence-corrected chi connectivity index (χ0v) is 8.97. The van der Waals surface area contributed by atoms with Crippen molar-refractivity contribution in [1.82, 2.24) is 0 Å². The van der Waals surface area contributed by atoms with E-state index in [2.05, 4.69) is 0 Å². The van der Waals surface area contributed by atoms with Crippen molar-refractivity contribution < 1.29 is 17.6 Å². The highest BCUT2D eigenvalue weighted by molar-refractivity contribution is 5.69. The molecule has 0 heterocycles. The Bertz CT molecular complexity index is 412. The van der Waals surface area contributed by atoms with Crippen molar-refractivity contribution in [3.63, 3.8) is 0 Å². The molecule has 0 aromatic heterocycles. The molecule has 0 saturated heterocycles. The molecule has 0 atom stereocenters. The molecule has 0 spiro atoms. The summed E-state index contributed by atoms with van der Waals surface area (Å²) in [4.78, 5) is 1.14. The van der Waals surface area contributed by atoms with E-state index in [1.165, 1.54) is 12.1 Å². The summed E-state index contributed by atoms with van der Waals surface area (Å²) in [6, 6.07) is 3.74. The molecule has 2 N–H and O–H groups in total. The van der Waals surface area contributed by atoms with Crippen LogP contribution in [0.5, 0.6) is 0 Å². The summed E-state index contributed by atoms with van der Waals surface area (Å²) in [7, 11) is 0. The van der Waals surface area contributed by atoms with E-state index in [9.17, 15) is 17.6 Å². The van der Waals surface area contributed by atoms with Gasteiger partial charge in [-0.1, -0.05) is 6.07 Å². The number of rotatable bonds is 3. The first kappa shape index (κ1) is 12.0. The van der Waals surface area contributed by atoms with Crippen LogP contribution in [0.3, 0.4) is 0 Å². The van der Waals surface area contributed by atoms with Crippen LogP contribution in [0.2, 0.25) is 0 Å². The summed E-state index contributed by atoms with van der Waals surface area (Å²) in [6.07, 6.45) is -2.95. The summed E-state index contributed by atoms with van der Waals surface area (Å²) in [5.41, 5.74) is 5.39. The van der Waals surface area contributed by atoms with Crippen molar-refractivity contribution in [2.24, 2.45) is 0 Å². The molecular weight excluding hydrogens is 236 g/mol. The number of benzene rings is 1. The molecule has 2 nitrogen and oxygen atoms in total. The van der Waals surface area contributed by atoms with E-state index < -0.39 is 18.5 Å². The highest BCUT2D eigenvalue weighted by Gasteiger charge is 2.39. The second kappa shape index (κ2) is 4.09. The van der Waals surface area contributed by atoms with E-state index in [0.29, 0.717) is 12.8 Å². The average Bonchev–Trinajstić information content (AvgIpc) is 3.01. The first-order valence-electron chi connectivity index (χ1n) is 5.26. The summed E-state index contributed by atoms with van der Waals surface area (Å²) in [5.74, 6) is -0.685. The van der Waals surface area contributed by atoms with Gasteiger partial charge in [0.1, 0.15) is 12.4 Å². The van der Waals surface area contributed by atoms with Gasteiger partial charge in [0.05, 0.1) is 11.4 Å². The van der Waals surface area contributed by atoms with Crippen molar-refractivity contribution in [1.29, 1.82) is 0 Å². The van der Waals surface area contributed by atoms with Crippen LogP contribution in [0.25, 0.3) is 0 Å². The lowest BCUT2D eigenvalue weighted by atomic mass is 10.2. The van der Waals surface area contributed by atoms with E-state index in [1.807, 2.05) is 0 Å². The van der Waals surface area contributed by atoms with Crippen molar-refractivity contribution in [2.45, 2.75) is 25.1 Å². The Morgan fingerprint density at radius 2 is 1.94 bits per heavy atom. The van der Waals surface area contributed by atoms with Crippen molar-refractivity contribution in [2.75, 3.05) is 17.2 Å². The van der Waals surface area contributed by atoms with Crippen molar-refractivity contribution in [3.8, 4) is 0 Å². The number of alkyl halides is 3. The molecule has 0 amide bonds. The number of anilines is 2. The zero-order chi connectivity index (χ0) is 12.6. The lowest BCUT2D eigenvalue weighted by molar-refractivity contribution is -0.119. The summed E-state index contributed by atoms with van der Waals surface area (Å²) in [6.45, 7) is -1.09. The van der Waals surface area contributed by atoms with E-state index in [4.69, 9.17) is 5.73 Å². The smallest absolute Gasteiger partial charge is 0.395 e. The molecule has 0 unspecified atom stereocenters. The maximum absolute atomic E-state index is 13.2. The minimum Gasteiger partial charge on any atom is -0.395 e. The van der Waals surface area contributed by atoms with Crippen molar-refractivity contribution in [3.05, 3.63) is 24.0 Å². The van der Waals surface area contributed by atoms with Gasteiger partial charge in [0.15, 0.2) is 0 Å². The highest BCUT2D eigenvalue weighted by Crippen LogP contribution is 2.37. The molecule has 94 valence electrons. The number of halogens is 4. The van der Waals surface area contributed by atoms with Crippen LogP contribution in [0.1, 0.15) is 12.8 Å².